The van der Waals surface area contributed by atoms with Gasteiger partial charge in [-0.25, -0.2) is 14.4 Å². The van der Waals surface area contributed by atoms with Gasteiger partial charge in [0.05, 0.1) is 21.6 Å². The molecule has 140 valence electrons. The molecular weight excluding hydrogens is 379 g/mol. The molecule has 0 spiro atoms. The summed E-state index contributed by atoms with van der Waals surface area (Å²) in [6.45, 7) is 0.288. The van der Waals surface area contributed by atoms with Crippen LogP contribution in [0.25, 0.3) is 10.9 Å². The van der Waals surface area contributed by atoms with E-state index in [4.69, 9.17) is 22.1 Å². The molecule has 0 aliphatic carbocycles. The second-order valence-electron chi connectivity index (χ2n) is 6.15. The van der Waals surface area contributed by atoms with Crippen LogP contribution in [0.15, 0.2) is 67.0 Å². The number of nitrogens with two attached hydrogens (primary N) is 1. The van der Waals surface area contributed by atoms with Crippen LogP contribution in [0.1, 0.15) is 5.56 Å². The monoisotopic (exact) mass is 394 g/mol. The van der Waals surface area contributed by atoms with Gasteiger partial charge in [0.2, 0.25) is 0 Å². The maximum absolute atomic E-state index is 13.2. The van der Waals surface area contributed by atoms with Crippen molar-refractivity contribution in [2.75, 3.05) is 11.1 Å². The Labute approximate surface area is 166 Å². The quantitative estimate of drug-likeness (QED) is 0.448. The van der Waals surface area contributed by atoms with Crippen molar-refractivity contribution in [3.63, 3.8) is 0 Å². The van der Waals surface area contributed by atoms with E-state index in [1.165, 1.54) is 18.5 Å². The molecule has 1 heterocycles. The first-order chi connectivity index (χ1) is 13.6. The highest BCUT2D eigenvalue weighted by atomic mass is 35.5. The van der Waals surface area contributed by atoms with Gasteiger partial charge in [0.1, 0.15) is 30.3 Å². The molecule has 0 aliphatic rings. The third kappa shape index (κ3) is 3.82. The molecule has 0 radical (unpaired) electrons. The van der Waals surface area contributed by atoms with Gasteiger partial charge in [-0.1, -0.05) is 23.7 Å². The van der Waals surface area contributed by atoms with Gasteiger partial charge in [0, 0.05) is 5.69 Å². The topological polar surface area (TPSA) is 73.1 Å². The summed E-state index contributed by atoms with van der Waals surface area (Å²) >= 11 is 6.34. The Bertz CT molecular complexity index is 1140. The van der Waals surface area contributed by atoms with E-state index < -0.39 is 0 Å². The first kappa shape index (κ1) is 18.0. The van der Waals surface area contributed by atoms with Gasteiger partial charge >= 0.3 is 0 Å². The summed E-state index contributed by atoms with van der Waals surface area (Å²) in [5.41, 5.74) is 8.64. The minimum absolute atomic E-state index is 0.281. The van der Waals surface area contributed by atoms with Gasteiger partial charge in [0.25, 0.3) is 0 Å². The molecule has 0 atom stereocenters. The van der Waals surface area contributed by atoms with Crippen molar-refractivity contribution in [2.24, 2.45) is 0 Å². The van der Waals surface area contributed by atoms with E-state index in [1.54, 1.807) is 18.2 Å². The minimum atomic E-state index is -0.281. The highest BCUT2D eigenvalue weighted by Gasteiger charge is 2.10. The number of halogens is 2. The fourth-order valence-electron chi connectivity index (χ4n) is 2.79. The van der Waals surface area contributed by atoms with Crippen molar-refractivity contribution in [1.82, 2.24) is 9.97 Å². The molecule has 0 unspecified atom stereocenters. The Morgan fingerprint density at radius 2 is 1.86 bits per heavy atom. The Morgan fingerprint density at radius 1 is 1.04 bits per heavy atom. The van der Waals surface area contributed by atoms with Gasteiger partial charge in [-0.05, 0) is 54.1 Å². The summed E-state index contributed by atoms with van der Waals surface area (Å²) in [5.74, 6) is 0.956. The number of anilines is 3. The van der Waals surface area contributed by atoms with E-state index in [1.807, 2.05) is 30.3 Å². The van der Waals surface area contributed by atoms with Crippen LogP contribution in [0.2, 0.25) is 5.02 Å². The van der Waals surface area contributed by atoms with Crippen LogP contribution in [0.4, 0.5) is 21.6 Å². The number of nitrogen functional groups attached to an aromatic ring is 1. The van der Waals surface area contributed by atoms with Gasteiger partial charge < -0.3 is 15.8 Å². The molecule has 0 bridgehead atoms. The SMILES string of the molecule is Nc1ccc2ncnc(Nc3ccc(OCc4cccc(F)c4)cc3)c2c1Cl. The highest BCUT2D eigenvalue weighted by molar-refractivity contribution is 6.38. The Kier molecular flexibility index (Phi) is 4.95. The number of ether oxygens (including phenoxy) is 1. The minimum Gasteiger partial charge on any atom is -0.489 e. The highest BCUT2D eigenvalue weighted by Crippen LogP contribution is 2.33. The lowest BCUT2D eigenvalue weighted by molar-refractivity contribution is 0.305. The molecule has 7 heteroatoms. The van der Waals surface area contributed by atoms with Crippen LogP contribution in [0.3, 0.4) is 0 Å². The summed E-state index contributed by atoms with van der Waals surface area (Å²) in [7, 11) is 0. The molecule has 5 nitrogen and oxygen atoms in total. The molecule has 0 saturated heterocycles. The van der Waals surface area contributed by atoms with Crippen LogP contribution in [-0.4, -0.2) is 9.97 Å². The molecule has 1 aromatic heterocycles. The first-order valence-electron chi connectivity index (χ1n) is 8.53. The number of fused-ring (bicyclic) bond motifs is 1. The molecule has 4 aromatic rings. The number of nitrogens with zero attached hydrogens (tertiary/aromatic N) is 2. The van der Waals surface area contributed by atoms with E-state index in [0.717, 1.165) is 11.3 Å². The van der Waals surface area contributed by atoms with E-state index in [2.05, 4.69) is 15.3 Å². The zero-order valence-corrected chi connectivity index (χ0v) is 15.4. The normalized spacial score (nSPS) is 10.8. The first-order valence-corrected chi connectivity index (χ1v) is 8.91. The van der Waals surface area contributed by atoms with Gasteiger partial charge in [-0.15, -0.1) is 0 Å². The number of rotatable bonds is 5. The fourth-order valence-corrected chi connectivity index (χ4v) is 3.04. The second-order valence-corrected chi connectivity index (χ2v) is 6.53. The molecule has 28 heavy (non-hydrogen) atoms. The summed E-state index contributed by atoms with van der Waals surface area (Å²) in [6.07, 6.45) is 1.47. The van der Waals surface area contributed by atoms with Crippen molar-refractivity contribution in [3.05, 3.63) is 83.4 Å². The number of aromatic nitrogens is 2. The smallest absolute Gasteiger partial charge is 0.143 e. The average molecular weight is 395 g/mol. The molecule has 3 aromatic carbocycles. The Morgan fingerprint density at radius 3 is 2.64 bits per heavy atom. The lowest BCUT2D eigenvalue weighted by Gasteiger charge is -2.11. The van der Waals surface area contributed by atoms with E-state index in [0.29, 0.717) is 33.2 Å². The van der Waals surface area contributed by atoms with Crippen LogP contribution in [0.5, 0.6) is 5.75 Å². The number of nitrogens with one attached hydrogen (secondary N) is 1. The molecule has 4 rings (SSSR count). The van der Waals surface area contributed by atoms with Crippen molar-refractivity contribution < 1.29 is 9.13 Å². The second kappa shape index (κ2) is 7.70. The number of hydrogen-bond acceptors (Lipinski definition) is 5. The van der Waals surface area contributed by atoms with Crippen LogP contribution in [0, 0.1) is 5.82 Å². The maximum Gasteiger partial charge on any atom is 0.143 e. The lowest BCUT2D eigenvalue weighted by atomic mass is 10.2. The Hall–Kier alpha value is -3.38. The number of benzene rings is 3. The molecule has 0 saturated carbocycles. The van der Waals surface area contributed by atoms with E-state index >= 15 is 0 Å². The summed E-state index contributed by atoms with van der Waals surface area (Å²) < 4.78 is 18.9. The predicted octanol–water partition coefficient (Wildman–Crippen LogP) is 5.33. The maximum atomic E-state index is 13.2. The largest absolute Gasteiger partial charge is 0.489 e. The third-order valence-electron chi connectivity index (χ3n) is 4.18. The van der Waals surface area contributed by atoms with Crippen molar-refractivity contribution in [3.8, 4) is 5.75 Å². The predicted molar refractivity (Wildman–Crippen MR) is 109 cm³/mol. The third-order valence-corrected chi connectivity index (χ3v) is 4.59. The molecule has 3 N–H and O–H groups in total. The molecular formula is C21H16ClFN4O. The van der Waals surface area contributed by atoms with Crippen LogP contribution >= 0.6 is 11.6 Å². The standard InChI is InChI=1S/C21H16ClFN4O/c22-20-17(24)8-9-18-19(20)21(26-12-25-18)27-15-4-6-16(7-5-15)28-11-13-2-1-3-14(23)10-13/h1-10,12H,11,24H2,(H,25,26,27). The van der Waals surface area contributed by atoms with Crippen LogP contribution in [-0.2, 0) is 6.61 Å². The van der Waals surface area contributed by atoms with E-state index in [-0.39, 0.29) is 12.4 Å². The van der Waals surface area contributed by atoms with Crippen LogP contribution < -0.4 is 15.8 Å². The number of hydrogen-bond donors (Lipinski definition) is 2. The van der Waals surface area contributed by atoms with E-state index in [9.17, 15) is 4.39 Å². The van der Waals surface area contributed by atoms with Crippen molar-refractivity contribution in [1.29, 1.82) is 0 Å². The zero-order valence-electron chi connectivity index (χ0n) is 14.7. The molecule has 0 aliphatic heterocycles. The average Bonchev–Trinajstić information content (AvgIpc) is 2.70. The molecule has 0 amide bonds. The van der Waals surface area contributed by atoms with Crippen molar-refractivity contribution in [2.45, 2.75) is 6.61 Å². The van der Waals surface area contributed by atoms with Gasteiger partial charge in [-0.2, -0.15) is 0 Å². The van der Waals surface area contributed by atoms with Gasteiger partial charge in [0.15, 0.2) is 0 Å². The fraction of sp³-hybridized carbons (Fsp3) is 0.0476. The Balaban J connectivity index is 1.51. The van der Waals surface area contributed by atoms with Gasteiger partial charge in [-0.3, -0.25) is 0 Å². The lowest BCUT2D eigenvalue weighted by Crippen LogP contribution is -1.99. The molecule has 0 fully saturated rings. The van der Waals surface area contributed by atoms with Crippen molar-refractivity contribution >= 4 is 39.7 Å². The summed E-state index contributed by atoms with van der Waals surface area (Å²) in [5, 5.41) is 4.30. The zero-order chi connectivity index (χ0) is 19.5. The summed E-state index contributed by atoms with van der Waals surface area (Å²) in [6, 6.07) is 17.2. The summed E-state index contributed by atoms with van der Waals surface area (Å²) in [4.78, 5) is 8.50.